The first kappa shape index (κ1) is 20.8. The van der Waals surface area contributed by atoms with E-state index in [1.54, 1.807) is 17.0 Å². The zero-order valence-electron chi connectivity index (χ0n) is 16.0. The van der Waals surface area contributed by atoms with E-state index in [1.807, 2.05) is 0 Å². The highest BCUT2D eigenvalue weighted by Crippen LogP contribution is 2.31. The summed E-state index contributed by atoms with van der Waals surface area (Å²) in [6.45, 7) is 1.56. The molecule has 162 valence electrons. The number of halogens is 4. The molecule has 1 aliphatic rings. The van der Waals surface area contributed by atoms with Gasteiger partial charge in [0, 0.05) is 30.9 Å². The second-order valence-corrected chi connectivity index (χ2v) is 6.67. The number of amides is 1. The second-order valence-electron chi connectivity index (χ2n) is 6.67. The third-order valence-electron chi connectivity index (χ3n) is 4.52. The average Bonchev–Trinajstić information content (AvgIpc) is 3.18. The minimum absolute atomic E-state index is 0.0524. The van der Waals surface area contributed by atoms with Gasteiger partial charge in [0.15, 0.2) is 5.69 Å². The Bertz CT molecular complexity index is 1080. The van der Waals surface area contributed by atoms with Crippen molar-refractivity contribution in [2.75, 3.05) is 26.3 Å². The van der Waals surface area contributed by atoms with Crippen LogP contribution in [0.25, 0.3) is 16.9 Å². The summed E-state index contributed by atoms with van der Waals surface area (Å²) in [6.07, 6.45) is -1.98. The fraction of sp³-hybridized carbons (Fsp3) is 0.250. The van der Waals surface area contributed by atoms with E-state index in [0.717, 1.165) is 12.1 Å². The van der Waals surface area contributed by atoms with Gasteiger partial charge in [-0.05, 0) is 30.3 Å². The van der Waals surface area contributed by atoms with Gasteiger partial charge in [0.2, 0.25) is 0 Å². The van der Waals surface area contributed by atoms with Gasteiger partial charge in [-0.15, -0.1) is 13.2 Å². The summed E-state index contributed by atoms with van der Waals surface area (Å²) in [4.78, 5) is 18.4. The highest BCUT2D eigenvalue weighted by atomic mass is 19.4. The normalized spacial score (nSPS) is 14.5. The Labute approximate surface area is 173 Å². The molecule has 3 aromatic rings. The molecule has 2 aromatic heterocycles. The number of carbonyl (C=O) groups is 1. The average molecular weight is 436 g/mol. The number of nitrogens with zero attached hydrogens (tertiary/aromatic N) is 4. The molecular formula is C20H16F4N4O3. The van der Waals surface area contributed by atoms with Crippen molar-refractivity contribution in [2.24, 2.45) is 0 Å². The number of carbonyl (C=O) groups excluding carboxylic acids is 1. The summed E-state index contributed by atoms with van der Waals surface area (Å²) < 4.78 is 62.4. The Balaban J connectivity index is 1.79. The Morgan fingerprint density at radius 3 is 2.58 bits per heavy atom. The van der Waals surface area contributed by atoms with Crippen LogP contribution in [-0.4, -0.2) is 58.2 Å². The number of rotatable bonds is 4. The smallest absolute Gasteiger partial charge is 0.406 e. The van der Waals surface area contributed by atoms with Crippen LogP contribution >= 0.6 is 0 Å². The van der Waals surface area contributed by atoms with Crippen LogP contribution in [0.3, 0.4) is 0 Å². The third kappa shape index (κ3) is 4.82. The van der Waals surface area contributed by atoms with Gasteiger partial charge in [-0.25, -0.2) is 9.07 Å². The molecule has 0 spiro atoms. The third-order valence-corrected chi connectivity index (χ3v) is 4.52. The lowest BCUT2D eigenvalue weighted by molar-refractivity contribution is -0.274. The fourth-order valence-electron chi connectivity index (χ4n) is 3.20. The molecule has 1 saturated heterocycles. The van der Waals surface area contributed by atoms with Gasteiger partial charge >= 0.3 is 6.36 Å². The number of morpholine rings is 1. The molecule has 0 bridgehead atoms. The van der Waals surface area contributed by atoms with Crippen molar-refractivity contribution in [3.05, 3.63) is 60.3 Å². The summed E-state index contributed by atoms with van der Waals surface area (Å²) in [7, 11) is 0. The molecule has 0 N–H and O–H groups in total. The van der Waals surface area contributed by atoms with Crippen LogP contribution in [0, 0.1) is 5.82 Å². The Morgan fingerprint density at radius 1 is 1.13 bits per heavy atom. The number of hydrogen-bond acceptors (Lipinski definition) is 5. The summed E-state index contributed by atoms with van der Waals surface area (Å²) in [5.41, 5.74) is 0.761. The lowest BCUT2D eigenvalue weighted by Crippen LogP contribution is -2.40. The quantitative estimate of drug-likeness (QED) is 0.586. The molecule has 3 heterocycles. The lowest BCUT2D eigenvalue weighted by Gasteiger charge is -2.25. The monoisotopic (exact) mass is 436 g/mol. The van der Waals surface area contributed by atoms with Crippen LogP contribution in [0.4, 0.5) is 17.6 Å². The molecule has 0 radical (unpaired) electrons. The topological polar surface area (TPSA) is 69.5 Å². The van der Waals surface area contributed by atoms with Crippen molar-refractivity contribution >= 4 is 5.91 Å². The predicted molar refractivity (Wildman–Crippen MR) is 100 cm³/mol. The Hall–Kier alpha value is -3.47. The van der Waals surface area contributed by atoms with E-state index < -0.39 is 17.9 Å². The zero-order valence-corrected chi connectivity index (χ0v) is 16.0. The maximum absolute atomic E-state index is 14.1. The van der Waals surface area contributed by atoms with Crippen LogP contribution < -0.4 is 4.74 Å². The van der Waals surface area contributed by atoms with E-state index in [9.17, 15) is 22.4 Å². The van der Waals surface area contributed by atoms with Crippen molar-refractivity contribution in [1.29, 1.82) is 0 Å². The van der Waals surface area contributed by atoms with E-state index >= 15 is 0 Å². The van der Waals surface area contributed by atoms with Gasteiger partial charge in [-0.1, -0.05) is 0 Å². The van der Waals surface area contributed by atoms with Crippen LogP contribution in [0.5, 0.6) is 5.75 Å². The number of benzene rings is 1. The fourth-order valence-corrected chi connectivity index (χ4v) is 3.20. The van der Waals surface area contributed by atoms with Crippen molar-refractivity contribution in [2.45, 2.75) is 6.36 Å². The van der Waals surface area contributed by atoms with Gasteiger partial charge in [0.1, 0.15) is 11.6 Å². The second kappa shape index (κ2) is 8.34. The van der Waals surface area contributed by atoms with Crippen LogP contribution in [0.2, 0.25) is 0 Å². The minimum Gasteiger partial charge on any atom is -0.406 e. The first-order valence-electron chi connectivity index (χ1n) is 9.24. The molecule has 4 rings (SSSR count). The molecule has 0 unspecified atom stereocenters. The summed E-state index contributed by atoms with van der Waals surface area (Å²) >= 11 is 0. The Morgan fingerprint density at radius 2 is 1.90 bits per heavy atom. The maximum Gasteiger partial charge on any atom is 0.573 e. The van der Waals surface area contributed by atoms with Gasteiger partial charge in [0.25, 0.3) is 5.91 Å². The molecule has 1 fully saturated rings. The summed E-state index contributed by atoms with van der Waals surface area (Å²) in [6, 6.07) is 7.38. The van der Waals surface area contributed by atoms with Crippen LogP contribution in [0.15, 0.2) is 48.8 Å². The van der Waals surface area contributed by atoms with E-state index in [1.165, 1.54) is 23.1 Å². The van der Waals surface area contributed by atoms with Gasteiger partial charge in [-0.3, -0.25) is 9.78 Å². The van der Waals surface area contributed by atoms with E-state index in [-0.39, 0.29) is 22.9 Å². The van der Waals surface area contributed by atoms with Crippen LogP contribution in [-0.2, 0) is 4.74 Å². The lowest BCUT2D eigenvalue weighted by atomic mass is 10.1. The minimum atomic E-state index is -4.98. The molecular weight excluding hydrogens is 420 g/mol. The predicted octanol–water partition coefficient (Wildman–Crippen LogP) is 3.44. The van der Waals surface area contributed by atoms with Gasteiger partial charge in [-0.2, -0.15) is 5.10 Å². The number of aromatic nitrogens is 3. The first-order valence-corrected chi connectivity index (χ1v) is 9.24. The summed E-state index contributed by atoms with van der Waals surface area (Å²) in [5.74, 6) is -2.02. The summed E-state index contributed by atoms with van der Waals surface area (Å²) in [5, 5.41) is 4.33. The van der Waals surface area contributed by atoms with E-state index in [4.69, 9.17) is 4.74 Å². The van der Waals surface area contributed by atoms with Crippen molar-refractivity contribution in [1.82, 2.24) is 19.7 Å². The first-order chi connectivity index (χ1) is 14.8. The zero-order chi connectivity index (χ0) is 22.0. The molecule has 1 aliphatic heterocycles. The van der Waals surface area contributed by atoms with Gasteiger partial charge < -0.3 is 14.4 Å². The SMILES string of the molecule is O=C(c1cc(-c2cc(F)cc(OC(F)(F)F)c2)n(-c2cccnc2)n1)N1CCOCC1. The molecule has 11 heteroatoms. The van der Waals surface area contributed by atoms with Gasteiger partial charge in [0.05, 0.1) is 30.8 Å². The molecule has 0 aliphatic carbocycles. The highest BCUT2D eigenvalue weighted by Gasteiger charge is 2.32. The number of ether oxygens (including phenoxy) is 2. The molecule has 1 aromatic carbocycles. The van der Waals surface area contributed by atoms with E-state index in [2.05, 4.69) is 14.8 Å². The molecule has 7 nitrogen and oxygen atoms in total. The number of pyridine rings is 1. The number of alkyl halides is 3. The van der Waals surface area contributed by atoms with E-state index in [0.29, 0.717) is 38.1 Å². The largest absolute Gasteiger partial charge is 0.573 e. The molecule has 1 amide bonds. The molecule has 0 saturated carbocycles. The van der Waals surface area contributed by atoms with Crippen molar-refractivity contribution in [3.8, 4) is 22.7 Å². The highest BCUT2D eigenvalue weighted by molar-refractivity contribution is 5.93. The van der Waals surface area contributed by atoms with Crippen molar-refractivity contribution in [3.63, 3.8) is 0 Å². The molecule has 31 heavy (non-hydrogen) atoms. The maximum atomic E-state index is 14.1. The van der Waals surface area contributed by atoms with Crippen molar-refractivity contribution < 1.29 is 31.8 Å². The number of hydrogen-bond donors (Lipinski definition) is 0. The Kier molecular flexibility index (Phi) is 5.59. The standard InChI is InChI=1S/C20H16F4N4O3/c21-14-8-13(9-16(10-14)31-20(22,23)24)18-11-17(19(29)27-4-6-30-7-5-27)26-28(18)15-2-1-3-25-12-15/h1-3,8-12H,4-7H2. The van der Waals surface area contributed by atoms with Crippen LogP contribution in [0.1, 0.15) is 10.5 Å². The molecule has 0 atom stereocenters.